The lowest BCUT2D eigenvalue weighted by molar-refractivity contribution is -0.0328. The number of alkyl halides is 3. The fourth-order valence-corrected chi connectivity index (χ4v) is 1.32. The van der Waals surface area contributed by atoms with Crippen LogP contribution < -0.4 is 0 Å². The zero-order valence-corrected chi connectivity index (χ0v) is 7.08. The van der Waals surface area contributed by atoms with Gasteiger partial charge < -0.3 is 0 Å². The molecule has 0 saturated carbocycles. The van der Waals surface area contributed by atoms with Crippen LogP contribution in [0.4, 0.5) is 13.2 Å². The van der Waals surface area contributed by atoms with E-state index in [4.69, 9.17) is 0 Å². The number of carbonyl (C=O) groups excluding carboxylic acids is 1. The SMILES string of the molecule is O=Cc1[c]ccc(SC(F)(F)F)c1. The van der Waals surface area contributed by atoms with E-state index in [1.807, 2.05) is 0 Å². The summed E-state index contributed by atoms with van der Waals surface area (Å²) in [6.07, 6.45) is 0.459. The van der Waals surface area contributed by atoms with Gasteiger partial charge in [-0.2, -0.15) is 13.2 Å². The smallest absolute Gasteiger partial charge is 0.298 e. The maximum Gasteiger partial charge on any atom is 0.446 e. The van der Waals surface area contributed by atoms with Crippen molar-refractivity contribution < 1.29 is 18.0 Å². The van der Waals surface area contributed by atoms with E-state index < -0.39 is 5.51 Å². The number of aldehydes is 1. The summed E-state index contributed by atoms with van der Waals surface area (Å²) in [5, 5.41) is 0. The highest BCUT2D eigenvalue weighted by Gasteiger charge is 2.29. The van der Waals surface area contributed by atoms with E-state index in [1.54, 1.807) is 0 Å². The minimum atomic E-state index is -4.32. The second-order valence-corrected chi connectivity index (χ2v) is 3.28. The molecular formula is C8H4F3OS. The zero-order chi connectivity index (χ0) is 9.90. The molecule has 1 aromatic rings. The Labute approximate surface area is 76.9 Å². The molecule has 0 unspecified atom stereocenters. The first-order valence-corrected chi connectivity index (χ1v) is 4.05. The molecule has 0 aliphatic carbocycles. The molecule has 0 fully saturated rings. The average molecular weight is 205 g/mol. The van der Waals surface area contributed by atoms with Crippen molar-refractivity contribution in [3.05, 3.63) is 29.8 Å². The topological polar surface area (TPSA) is 17.1 Å². The molecule has 1 nitrogen and oxygen atoms in total. The van der Waals surface area contributed by atoms with Gasteiger partial charge in [-0.05, 0) is 30.0 Å². The first-order chi connectivity index (χ1) is 6.01. The minimum Gasteiger partial charge on any atom is -0.298 e. The summed E-state index contributed by atoms with van der Waals surface area (Å²) >= 11 is -0.249. The molecule has 69 valence electrons. The van der Waals surface area contributed by atoms with E-state index >= 15 is 0 Å². The standard InChI is InChI=1S/C8H4F3OS/c9-8(10,11)13-7-3-1-2-6(4-7)5-12/h1,3-5H. The zero-order valence-electron chi connectivity index (χ0n) is 6.26. The highest BCUT2D eigenvalue weighted by atomic mass is 32.2. The Hall–Kier alpha value is -0.970. The van der Waals surface area contributed by atoms with Gasteiger partial charge in [0.2, 0.25) is 0 Å². The number of hydrogen-bond acceptors (Lipinski definition) is 2. The van der Waals surface area contributed by atoms with Crippen LogP contribution in [0.25, 0.3) is 0 Å². The van der Waals surface area contributed by atoms with Gasteiger partial charge in [0.15, 0.2) is 6.29 Å². The molecule has 0 amide bonds. The first kappa shape index (κ1) is 10.1. The van der Waals surface area contributed by atoms with E-state index in [1.165, 1.54) is 12.1 Å². The molecule has 0 aliphatic heterocycles. The van der Waals surface area contributed by atoms with Gasteiger partial charge in [-0.1, -0.05) is 6.07 Å². The highest BCUT2D eigenvalue weighted by Crippen LogP contribution is 2.36. The Morgan fingerprint density at radius 1 is 1.46 bits per heavy atom. The molecule has 1 radical (unpaired) electrons. The van der Waals surface area contributed by atoms with Crippen LogP contribution in [-0.4, -0.2) is 11.8 Å². The summed E-state index contributed by atoms with van der Waals surface area (Å²) in [5.41, 5.74) is -4.20. The van der Waals surface area contributed by atoms with Crippen molar-refractivity contribution in [3.63, 3.8) is 0 Å². The van der Waals surface area contributed by atoms with Crippen LogP contribution in [-0.2, 0) is 0 Å². The summed E-state index contributed by atoms with van der Waals surface area (Å²) in [4.78, 5) is 10.2. The second kappa shape index (κ2) is 3.83. The first-order valence-electron chi connectivity index (χ1n) is 3.24. The molecule has 0 saturated heterocycles. The van der Waals surface area contributed by atoms with Crippen molar-refractivity contribution in [3.8, 4) is 0 Å². The lowest BCUT2D eigenvalue weighted by atomic mass is 10.2. The molecule has 1 rings (SSSR count). The second-order valence-electron chi connectivity index (χ2n) is 2.15. The maximum atomic E-state index is 11.8. The average Bonchev–Trinajstić information content (AvgIpc) is 2.01. The third-order valence-corrected chi connectivity index (χ3v) is 1.88. The van der Waals surface area contributed by atoms with Gasteiger partial charge in [-0.3, -0.25) is 4.79 Å². The molecule has 0 aliphatic rings. The normalized spacial score (nSPS) is 11.3. The third-order valence-electron chi connectivity index (χ3n) is 1.16. The van der Waals surface area contributed by atoms with Crippen LogP contribution in [0.3, 0.4) is 0 Å². The summed E-state index contributed by atoms with van der Waals surface area (Å²) in [7, 11) is 0. The van der Waals surface area contributed by atoms with E-state index in [-0.39, 0.29) is 22.2 Å². The van der Waals surface area contributed by atoms with Crippen molar-refractivity contribution in [2.45, 2.75) is 10.4 Å². The van der Waals surface area contributed by atoms with Crippen LogP contribution in [0.1, 0.15) is 10.4 Å². The molecule has 0 bridgehead atoms. The van der Waals surface area contributed by atoms with Crippen molar-refractivity contribution in [1.29, 1.82) is 0 Å². The third kappa shape index (κ3) is 3.50. The molecule has 1 aromatic carbocycles. The predicted octanol–water partition coefficient (Wildman–Crippen LogP) is 2.91. The number of benzene rings is 1. The number of halogens is 3. The van der Waals surface area contributed by atoms with Crippen molar-refractivity contribution in [1.82, 2.24) is 0 Å². The van der Waals surface area contributed by atoms with Gasteiger partial charge >= 0.3 is 5.51 Å². The Bertz CT molecular complexity index is 309. The van der Waals surface area contributed by atoms with E-state index in [9.17, 15) is 18.0 Å². The van der Waals surface area contributed by atoms with E-state index in [0.717, 1.165) is 6.07 Å². The van der Waals surface area contributed by atoms with Crippen LogP contribution in [0.15, 0.2) is 23.1 Å². The van der Waals surface area contributed by atoms with Crippen LogP contribution in [0.2, 0.25) is 0 Å². The molecule has 13 heavy (non-hydrogen) atoms. The van der Waals surface area contributed by atoms with Gasteiger partial charge in [0, 0.05) is 10.5 Å². The fraction of sp³-hybridized carbons (Fsp3) is 0.125. The van der Waals surface area contributed by atoms with Gasteiger partial charge in [0.25, 0.3) is 0 Å². The lowest BCUT2D eigenvalue weighted by Gasteiger charge is -2.04. The molecule has 5 heteroatoms. The number of hydrogen-bond donors (Lipinski definition) is 0. The van der Waals surface area contributed by atoms with Gasteiger partial charge in [-0.15, -0.1) is 0 Å². The van der Waals surface area contributed by atoms with E-state index in [2.05, 4.69) is 6.07 Å². The van der Waals surface area contributed by atoms with Gasteiger partial charge in [0.05, 0.1) is 0 Å². The Balaban J connectivity index is 2.84. The molecule has 0 spiro atoms. The quantitative estimate of drug-likeness (QED) is 0.545. The van der Waals surface area contributed by atoms with Crippen molar-refractivity contribution in [2.24, 2.45) is 0 Å². The van der Waals surface area contributed by atoms with Crippen LogP contribution >= 0.6 is 11.8 Å². The lowest BCUT2D eigenvalue weighted by Crippen LogP contribution is -1.99. The maximum absolute atomic E-state index is 11.8. The van der Waals surface area contributed by atoms with Crippen molar-refractivity contribution >= 4 is 18.0 Å². The number of carbonyl (C=O) groups is 1. The Kier molecular flexibility index (Phi) is 2.98. The monoisotopic (exact) mass is 205 g/mol. The summed E-state index contributed by atoms with van der Waals surface area (Å²) in [6.45, 7) is 0. The predicted molar refractivity (Wildman–Crippen MR) is 42.6 cm³/mol. The fourth-order valence-electron chi connectivity index (χ4n) is 0.728. The molecule has 0 N–H and O–H groups in total. The summed E-state index contributed by atoms with van der Waals surface area (Å²) in [5.74, 6) is 0. The van der Waals surface area contributed by atoms with Gasteiger partial charge in [0.1, 0.15) is 0 Å². The van der Waals surface area contributed by atoms with Crippen LogP contribution in [0, 0.1) is 6.07 Å². The largest absolute Gasteiger partial charge is 0.446 e. The van der Waals surface area contributed by atoms with Crippen LogP contribution in [0.5, 0.6) is 0 Å². The number of thioether (sulfide) groups is 1. The summed E-state index contributed by atoms with van der Waals surface area (Å²) in [6, 6.07) is 6.18. The van der Waals surface area contributed by atoms with E-state index in [0.29, 0.717) is 6.29 Å². The Morgan fingerprint density at radius 3 is 2.69 bits per heavy atom. The van der Waals surface area contributed by atoms with Gasteiger partial charge in [-0.25, -0.2) is 0 Å². The number of rotatable bonds is 2. The Morgan fingerprint density at radius 2 is 2.15 bits per heavy atom. The molecule has 0 heterocycles. The summed E-state index contributed by atoms with van der Waals surface area (Å²) < 4.78 is 35.5. The molecular weight excluding hydrogens is 201 g/mol. The molecule has 0 aromatic heterocycles. The minimum absolute atomic E-state index is 0.00616. The molecule has 0 atom stereocenters. The highest BCUT2D eigenvalue weighted by molar-refractivity contribution is 8.00. The van der Waals surface area contributed by atoms with Crippen molar-refractivity contribution in [2.75, 3.05) is 0 Å².